The Balaban J connectivity index is 1.46. The van der Waals surface area contributed by atoms with Gasteiger partial charge in [0.1, 0.15) is 0 Å². The van der Waals surface area contributed by atoms with Gasteiger partial charge in [0, 0.05) is 50.6 Å². The van der Waals surface area contributed by atoms with Crippen molar-refractivity contribution in [2.75, 3.05) is 9.80 Å². The highest BCUT2D eigenvalue weighted by Gasteiger charge is 2.47. The normalized spacial score (nSPS) is 13.7. The first-order valence-corrected chi connectivity index (χ1v) is 14.4. The second-order valence-corrected chi connectivity index (χ2v) is 11.3. The Morgan fingerprint density at radius 1 is 0.405 bits per heavy atom. The fraction of sp³-hybridized carbons (Fsp3) is 0. The van der Waals surface area contributed by atoms with Gasteiger partial charge in [-0.25, -0.2) is 0 Å². The molecular formula is C37H22BN3O. The third-order valence-corrected chi connectivity index (χ3v) is 9.29. The van der Waals surface area contributed by atoms with Gasteiger partial charge < -0.3 is 9.80 Å². The van der Waals surface area contributed by atoms with Crippen LogP contribution in [0.3, 0.4) is 0 Å². The van der Waals surface area contributed by atoms with Crippen LogP contribution in [0.25, 0.3) is 27.4 Å². The van der Waals surface area contributed by atoms with Crippen LogP contribution in [0.5, 0.6) is 0 Å². The van der Waals surface area contributed by atoms with Gasteiger partial charge in [-0.1, -0.05) is 72.8 Å². The van der Waals surface area contributed by atoms with Crippen molar-refractivity contribution in [3.63, 3.8) is 0 Å². The van der Waals surface area contributed by atoms with Gasteiger partial charge >= 0.3 is 0 Å². The summed E-state index contributed by atoms with van der Waals surface area (Å²) in [5.74, 6) is 0. The predicted molar refractivity (Wildman–Crippen MR) is 175 cm³/mol. The molecule has 0 saturated carbocycles. The average molecular weight is 535 g/mol. The van der Waals surface area contributed by atoms with Crippen molar-refractivity contribution in [2.24, 2.45) is 0 Å². The van der Waals surface area contributed by atoms with Crippen LogP contribution in [0.4, 0.5) is 34.1 Å². The van der Waals surface area contributed by atoms with Crippen molar-refractivity contribution >= 4 is 78.9 Å². The lowest BCUT2D eigenvalue weighted by molar-refractivity contribution is 1.06. The lowest BCUT2D eigenvalue weighted by Crippen LogP contribution is -2.64. The molecule has 3 aliphatic rings. The number of fused-ring (bicyclic) bond motifs is 3. The van der Waals surface area contributed by atoms with Gasteiger partial charge in [0.2, 0.25) is 0 Å². The van der Waals surface area contributed by atoms with E-state index in [1.165, 1.54) is 27.8 Å². The highest BCUT2D eigenvalue weighted by molar-refractivity contribution is 7.02. The smallest absolute Gasteiger partial charge is 0.263 e. The van der Waals surface area contributed by atoms with E-state index in [2.05, 4.69) is 125 Å². The van der Waals surface area contributed by atoms with Crippen LogP contribution in [-0.4, -0.2) is 11.3 Å². The Bertz CT molecular complexity index is 2330. The average Bonchev–Trinajstić information content (AvgIpc) is 3.05. The topological polar surface area (TPSA) is 28.5 Å². The molecule has 42 heavy (non-hydrogen) atoms. The Hall–Kier alpha value is -5.55. The lowest BCUT2D eigenvalue weighted by atomic mass is 9.32. The van der Waals surface area contributed by atoms with E-state index in [9.17, 15) is 4.79 Å². The number of hydrogen-bond donors (Lipinski definition) is 0. The number of nitrogens with zero attached hydrogens (tertiary/aromatic N) is 3. The molecule has 0 amide bonds. The van der Waals surface area contributed by atoms with E-state index < -0.39 is 0 Å². The van der Waals surface area contributed by atoms with E-state index in [0.29, 0.717) is 0 Å². The van der Waals surface area contributed by atoms with Crippen molar-refractivity contribution in [2.45, 2.75) is 0 Å². The minimum Gasteiger partial charge on any atom is -0.311 e. The first kappa shape index (κ1) is 22.2. The summed E-state index contributed by atoms with van der Waals surface area (Å²) in [6.45, 7) is 0.00147. The molecule has 0 aliphatic carbocycles. The van der Waals surface area contributed by atoms with Crippen molar-refractivity contribution in [1.82, 2.24) is 4.57 Å². The first-order valence-electron chi connectivity index (χ1n) is 14.4. The lowest BCUT2D eigenvalue weighted by Gasteiger charge is -2.46. The third kappa shape index (κ3) is 2.57. The first-order chi connectivity index (χ1) is 20.8. The standard InChI is InChI=1S/C37H22BN3O/c42-37-27-16-8-7-15-25(27)26-21-22-32-35-36(26)41(37)31-20-10-19-30-34(31)38(35)33-28(39(30)23-11-3-1-4-12-23)17-9-18-29(33)40(32)24-13-5-2-6-14-24/h1-22H. The van der Waals surface area contributed by atoms with Crippen LogP contribution >= 0.6 is 0 Å². The molecule has 3 aliphatic heterocycles. The molecule has 4 nitrogen and oxygen atoms in total. The zero-order valence-electron chi connectivity index (χ0n) is 22.5. The minimum atomic E-state index is 0.00147. The minimum absolute atomic E-state index is 0.00147. The van der Waals surface area contributed by atoms with Crippen molar-refractivity contribution in [3.05, 3.63) is 144 Å². The molecule has 0 fully saturated rings. The Morgan fingerprint density at radius 2 is 0.905 bits per heavy atom. The maximum absolute atomic E-state index is 14.5. The van der Waals surface area contributed by atoms with Crippen LogP contribution in [0.15, 0.2) is 138 Å². The molecule has 1 aromatic heterocycles. The second-order valence-electron chi connectivity index (χ2n) is 11.3. The van der Waals surface area contributed by atoms with Gasteiger partial charge in [-0.2, -0.15) is 0 Å². The summed E-state index contributed by atoms with van der Waals surface area (Å²) in [7, 11) is 0. The molecule has 4 heterocycles. The van der Waals surface area contributed by atoms with Gasteiger partial charge in [0.15, 0.2) is 0 Å². The molecule has 0 spiro atoms. The second kappa shape index (κ2) is 7.80. The molecule has 0 bridgehead atoms. The number of para-hydroxylation sites is 2. The number of benzene rings is 6. The summed E-state index contributed by atoms with van der Waals surface area (Å²) in [4.78, 5) is 19.2. The highest BCUT2D eigenvalue weighted by atomic mass is 16.1. The summed E-state index contributed by atoms with van der Waals surface area (Å²) < 4.78 is 2.00. The largest absolute Gasteiger partial charge is 0.311 e. The predicted octanol–water partition coefficient (Wildman–Crippen LogP) is 6.54. The number of aromatic nitrogens is 1. The zero-order valence-corrected chi connectivity index (χ0v) is 22.5. The van der Waals surface area contributed by atoms with Crippen molar-refractivity contribution in [3.8, 4) is 5.69 Å². The maximum Gasteiger partial charge on any atom is 0.263 e. The van der Waals surface area contributed by atoms with Crippen LogP contribution in [0.1, 0.15) is 0 Å². The number of anilines is 6. The third-order valence-electron chi connectivity index (χ3n) is 9.29. The summed E-state index contributed by atoms with van der Waals surface area (Å²) >= 11 is 0. The molecule has 5 heteroatoms. The fourth-order valence-corrected chi connectivity index (χ4v) is 7.75. The Kier molecular flexibility index (Phi) is 4.12. The molecule has 6 aromatic carbocycles. The van der Waals surface area contributed by atoms with E-state index in [0.717, 1.165) is 50.1 Å². The Labute approximate surface area is 242 Å². The fourth-order valence-electron chi connectivity index (χ4n) is 7.75. The molecule has 0 unspecified atom stereocenters. The SMILES string of the molecule is O=c1c2ccccc2c2ccc3c4c2n1-c1cccc2c1B4c1c(cccc1N3c1ccccc1)N2c1ccccc1. The molecule has 10 rings (SSSR count). The van der Waals surface area contributed by atoms with Gasteiger partial charge in [0.05, 0.1) is 5.52 Å². The zero-order chi connectivity index (χ0) is 27.5. The van der Waals surface area contributed by atoms with E-state index in [1.807, 2.05) is 22.8 Å². The Morgan fingerprint density at radius 3 is 1.52 bits per heavy atom. The van der Waals surface area contributed by atoms with Crippen molar-refractivity contribution < 1.29 is 0 Å². The molecule has 0 radical (unpaired) electrons. The van der Waals surface area contributed by atoms with E-state index in [4.69, 9.17) is 0 Å². The molecule has 194 valence electrons. The molecule has 7 aromatic rings. The molecule has 0 saturated heterocycles. The van der Waals surface area contributed by atoms with E-state index >= 15 is 0 Å². The molecule has 0 N–H and O–H groups in total. The molecular weight excluding hydrogens is 513 g/mol. The van der Waals surface area contributed by atoms with Gasteiger partial charge in [0.25, 0.3) is 12.3 Å². The van der Waals surface area contributed by atoms with Gasteiger partial charge in [-0.05, 0) is 82.4 Å². The van der Waals surface area contributed by atoms with Gasteiger partial charge in [-0.3, -0.25) is 9.36 Å². The highest BCUT2D eigenvalue weighted by Crippen LogP contribution is 2.46. The van der Waals surface area contributed by atoms with E-state index in [-0.39, 0.29) is 12.3 Å². The monoisotopic (exact) mass is 535 g/mol. The summed E-state index contributed by atoms with van der Waals surface area (Å²) in [6, 6.07) is 46.8. The summed E-state index contributed by atoms with van der Waals surface area (Å²) in [5, 5.41) is 2.86. The van der Waals surface area contributed by atoms with Crippen LogP contribution in [0.2, 0.25) is 0 Å². The van der Waals surface area contributed by atoms with Crippen LogP contribution < -0.4 is 31.7 Å². The van der Waals surface area contributed by atoms with Gasteiger partial charge in [-0.15, -0.1) is 0 Å². The van der Waals surface area contributed by atoms with Crippen LogP contribution in [0, 0.1) is 0 Å². The van der Waals surface area contributed by atoms with Crippen LogP contribution in [-0.2, 0) is 0 Å². The van der Waals surface area contributed by atoms with Crippen molar-refractivity contribution in [1.29, 1.82) is 0 Å². The number of pyridine rings is 1. The van der Waals surface area contributed by atoms with E-state index in [1.54, 1.807) is 0 Å². The summed E-state index contributed by atoms with van der Waals surface area (Å²) in [6.07, 6.45) is 0. The number of hydrogen-bond acceptors (Lipinski definition) is 3. The maximum atomic E-state index is 14.5. The molecule has 0 atom stereocenters. The summed E-state index contributed by atoms with van der Waals surface area (Å²) in [5.41, 5.74) is 12.5. The quantitative estimate of drug-likeness (QED) is 0.186. The number of rotatable bonds is 2.